The van der Waals surface area contributed by atoms with Crippen LogP contribution < -0.4 is 15.0 Å². The molecule has 1 aliphatic heterocycles. The van der Waals surface area contributed by atoms with Crippen molar-refractivity contribution >= 4 is 17.5 Å². The van der Waals surface area contributed by atoms with Gasteiger partial charge in [-0.3, -0.25) is 9.59 Å². The van der Waals surface area contributed by atoms with Crippen molar-refractivity contribution in [1.82, 2.24) is 5.32 Å². The topological polar surface area (TPSA) is 71.8 Å². The third kappa shape index (κ3) is 4.02. The molecule has 2 amide bonds. The van der Waals surface area contributed by atoms with Crippen LogP contribution in [0.2, 0.25) is 0 Å². The summed E-state index contributed by atoms with van der Waals surface area (Å²) in [5.41, 5.74) is 0.782. The maximum atomic E-state index is 12.5. The van der Waals surface area contributed by atoms with Gasteiger partial charge in [-0.05, 0) is 43.3 Å². The number of carbonyl (C=O) groups is 2. The number of rotatable bonds is 6. The van der Waals surface area contributed by atoms with Crippen LogP contribution in [0.1, 0.15) is 19.1 Å². The highest BCUT2D eigenvalue weighted by atomic mass is 16.5. The fraction of sp³-hybridized carbons (Fsp3) is 0.368. The maximum absolute atomic E-state index is 12.5. The van der Waals surface area contributed by atoms with Crippen LogP contribution >= 0.6 is 0 Å². The molecular formula is C19H22N2O4. The van der Waals surface area contributed by atoms with E-state index >= 15 is 0 Å². The van der Waals surface area contributed by atoms with Gasteiger partial charge in [-0.15, -0.1) is 0 Å². The molecular weight excluding hydrogens is 320 g/mol. The largest absolute Gasteiger partial charge is 0.497 e. The van der Waals surface area contributed by atoms with Gasteiger partial charge in [0.05, 0.1) is 19.3 Å². The number of anilines is 1. The van der Waals surface area contributed by atoms with E-state index in [0.29, 0.717) is 13.0 Å². The molecule has 3 rings (SSSR count). The highest BCUT2D eigenvalue weighted by Gasteiger charge is 2.35. The third-order valence-corrected chi connectivity index (χ3v) is 4.36. The molecule has 1 aliphatic rings. The lowest BCUT2D eigenvalue weighted by Gasteiger charge is -2.18. The minimum Gasteiger partial charge on any atom is -0.497 e. The van der Waals surface area contributed by atoms with E-state index in [1.54, 1.807) is 30.4 Å². The molecule has 0 saturated carbocycles. The Morgan fingerprint density at radius 3 is 2.76 bits per heavy atom. The van der Waals surface area contributed by atoms with Gasteiger partial charge in [0, 0.05) is 31.1 Å². The zero-order valence-corrected chi connectivity index (χ0v) is 14.4. The number of carbonyl (C=O) groups excluding carboxylic acids is 2. The highest BCUT2D eigenvalue weighted by Crippen LogP contribution is 2.27. The van der Waals surface area contributed by atoms with Gasteiger partial charge in [0.1, 0.15) is 11.5 Å². The van der Waals surface area contributed by atoms with Crippen LogP contribution in [0.3, 0.4) is 0 Å². The summed E-state index contributed by atoms with van der Waals surface area (Å²) < 4.78 is 10.4. The zero-order chi connectivity index (χ0) is 17.8. The van der Waals surface area contributed by atoms with Gasteiger partial charge in [-0.2, -0.15) is 0 Å². The van der Waals surface area contributed by atoms with E-state index in [2.05, 4.69) is 5.32 Å². The van der Waals surface area contributed by atoms with Crippen LogP contribution in [0.5, 0.6) is 5.75 Å². The van der Waals surface area contributed by atoms with Gasteiger partial charge in [0.15, 0.2) is 0 Å². The lowest BCUT2D eigenvalue weighted by molar-refractivity contribution is -0.126. The number of hydrogen-bond donors (Lipinski definition) is 1. The summed E-state index contributed by atoms with van der Waals surface area (Å²) in [4.78, 5) is 26.4. The van der Waals surface area contributed by atoms with E-state index in [4.69, 9.17) is 9.15 Å². The predicted molar refractivity (Wildman–Crippen MR) is 93.5 cm³/mol. The molecule has 0 bridgehead atoms. The van der Waals surface area contributed by atoms with Crippen LogP contribution in [0, 0.1) is 5.92 Å². The van der Waals surface area contributed by atoms with Crippen LogP contribution in [0.25, 0.3) is 0 Å². The summed E-state index contributed by atoms with van der Waals surface area (Å²) >= 11 is 0. The molecule has 1 aromatic carbocycles. The molecule has 2 aromatic rings. The Hall–Kier alpha value is -2.76. The first-order valence-corrected chi connectivity index (χ1v) is 8.34. The Kier molecular flexibility index (Phi) is 5.07. The second-order valence-electron chi connectivity index (χ2n) is 6.30. The van der Waals surface area contributed by atoms with Crippen molar-refractivity contribution in [2.24, 2.45) is 5.92 Å². The molecule has 1 aromatic heterocycles. The molecule has 132 valence electrons. The first-order valence-electron chi connectivity index (χ1n) is 8.34. The van der Waals surface area contributed by atoms with Crippen molar-refractivity contribution in [3.8, 4) is 5.75 Å². The Morgan fingerprint density at radius 2 is 2.12 bits per heavy atom. The van der Waals surface area contributed by atoms with E-state index in [9.17, 15) is 9.59 Å². The monoisotopic (exact) mass is 342 g/mol. The van der Waals surface area contributed by atoms with Crippen LogP contribution in [-0.4, -0.2) is 31.5 Å². The lowest BCUT2D eigenvalue weighted by atomic mass is 10.1. The lowest BCUT2D eigenvalue weighted by Crippen LogP contribution is -2.39. The van der Waals surface area contributed by atoms with Gasteiger partial charge in [-0.25, -0.2) is 0 Å². The summed E-state index contributed by atoms with van der Waals surface area (Å²) in [6.07, 6.45) is 2.47. The number of methoxy groups -OCH3 is 1. The Balaban J connectivity index is 1.58. The number of nitrogens with zero attached hydrogens (tertiary/aromatic N) is 1. The van der Waals surface area contributed by atoms with E-state index in [-0.39, 0.29) is 30.2 Å². The number of furan rings is 1. The molecule has 1 N–H and O–H groups in total. The van der Waals surface area contributed by atoms with Crippen molar-refractivity contribution in [2.75, 3.05) is 18.6 Å². The molecule has 1 saturated heterocycles. The number of hydrogen-bond acceptors (Lipinski definition) is 4. The quantitative estimate of drug-likeness (QED) is 0.875. The van der Waals surface area contributed by atoms with E-state index in [0.717, 1.165) is 17.2 Å². The van der Waals surface area contributed by atoms with Crippen LogP contribution in [0.15, 0.2) is 47.1 Å². The molecule has 1 fully saturated rings. The van der Waals surface area contributed by atoms with E-state index in [1.807, 2.05) is 31.2 Å². The fourth-order valence-electron chi connectivity index (χ4n) is 3.04. The van der Waals surface area contributed by atoms with Crippen molar-refractivity contribution < 1.29 is 18.7 Å². The first-order chi connectivity index (χ1) is 12.1. The Bertz CT molecular complexity index is 724. The van der Waals surface area contributed by atoms with E-state index < -0.39 is 0 Å². The molecule has 2 atom stereocenters. The average molecular weight is 342 g/mol. The number of amides is 2. The summed E-state index contributed by atoms with van der Waals surface area (Å²) in [5.74, 6) is 1.09. The van der Waals surface area contributed by atoms with Crippen molar-refractivity contribution in [3.63, 3.8) is 0 Å². The summed E-state index contributed by atoms with van der Waals surface area (Å²) in [6.45, 7) is 2.32. The second-order valence-corrected chi connectivity index (χ2v) is 6.30. The number of nitrogens with one attached hydrogen (secondary N) is 1. The Labute approximate surface area is 146 Å². The third-order valence-electron chi connectivity index (χ3n) is 4.36. The van der Waals surface area contributed by atoms with Gasteiger partial charge in [0.25, 0.3) is 0 Å². The van der Waals surface area contributed by atoms with Crippen LogP contribution in [-0.2, 0) is 16.0 Å². The summed E-state index contributed by atoms with van der Waals surface area (Å²) in [5, 5.41) is 2.97. The standard InChI is InChI=1S/C19H22N2O4/c1-13(10-17-4-3-9-25-17)20-19(23)14-11-18(22)21(12-14)15-5-7-16(24-2)8-6-15/h3-9,13-14H,10-12H2,1-2H3,(H,20,23)/t13-,14-/m1/s1. The molecule has 6 nitrogen and oxygen atoms in total. The molecule has 0 radical (unpaired) electrons. The average Bonchev–Trinajstić information content (AvgIpc) is 3.24. The van der Waals surface area contributed by atoms with Gasteiger partial charge in [0.2, 0.25) is 11.8 Å². The molecule has 25 heavy (non-hydrogen) atoms. The SMILES string of the molecule is COc1ccc(N2C[C@H](C(=O)N[C@H](C)Cc3ccco3)CC2=O)cc1. The summed E-state index contributed by atoms with van der Waals surface area (Å²) in [6, 6.07) is 10.9. The minimum atomic E-state index is -0.339. The molecule has 2 heterocycles. The summed E-state index contributed by atoms with van der Waals surface area (Å²) in [7, 11) is 1.60. The minimum absolute atomic E-state index is 0.0380. The molecule has 0 spiro atoms. The smallest absolute Gasteiger partial charge is 0.227 e. The van der Waals surface area contributed by atoms with Gasteiger partial charge in [-0.1, -0.05) is 0 Å². The van der Waals surface area contributed by atoms with E-state index in [1.165, 1.54) is 0 Å². The molecule has 0 unspecified atom stereocenters. The predicted octanol–water partition coefficient (Wildman–Crippen LogP) is 2.39. The van der Waals surface area contributed by atoms with Crippen molar-refractivity contribution in [2.45, 2.75) is 25.8 Å². The molecule has 0 aliphatic carbocycles. The molecule has 6 heteroatoms. The maximum Gasteiger partial charge on any atom is 0.227 e. The Morgan fingerprint density at radius 1 is 1.36 bits per heavy atom. The normalized spacial score (nSPS) is 18.2. The van der Waals surface area contributed by atoms with Crippen molar-refractivity contribution in [1.29, 1.82) is 0 Å². The zero-order valence-electron chi connectivity index (χ0n) is 14.4. The first kappa shape index (κ1) is 17.1. The number of ether oxygens (including phenoxy) is 1. The van der Waals surface area contributed by atoms with Gasteiger partial charge >= 0.3 is 0 Å². The van der Waals surface area contributed by atoms with Crippen molar-refractivity contribution in [3.05, 3.63) is 48.4 Å². The number of benzene rings is 1. The fourth-order valence-corrected chi connectivity index (χ4v) is 3.04. The highest BCUT2D eigenvalue weighted by molar-refractivity contribution is 6.00. The van der Waals surface area contributed by atoms with Gasteiger partial charge < -0.3 is 19.4 Å². The van der Waals surface area contributed by atoms with Crippen LogP contribution in [0.4, 0.5) is 5.69 Å². The second kappa shape index (κ2) is 7.42.